The van der Waals surface area contributed by atoms with Gasteiger partial charge in [-0.25, -0.2) is 14.8 Å². The van der Waals surface area contributed by atoms with Gasteiger partial charge in [0.15, 0.2) is 5.82 Å². The first-order valence-corrected chi connectivity index (χ1v) is 15.2. The van der Waals surface area contributed by atoms with Crippen molar-refractivity contribution < 1.29 is 19.4 Å². The molecule has 0 bridgehead atoms. The van der Waals surface area contributed by atoms with Gasteiger partial charge >= 0.3 is 6.09 Å². The predicted octanol–water partition coefficient (Wildman–Crippen LogP) is 6.80. The number of halogens is 2. The quantitative estimate of drug-likeness (QED) is 0.297. The van der Waals surface area contributed by atoms with Crippen LogP contribution in [0.4, 0.5) is 10.6 Å². The summed E-state index contributed by atoms with van der Waals surface area (Å²) in [6.45, 7) is 12.7. The molecular weight excluding hydrogens is 577 g/mol. The fourth-order valence-corrected chi connectivity index (χ4v) is 6.53. The summed E-state index contributed by atoms with van der Waals surface area (Å²) in [6, 6.07) is 3.39. The third kappa shape index (κ3) is 6.53. The number of carbonyl (C=O) groups excluding carboxylic acids is 1. The summed E-state index contributed by atoms with van der Waals surface area (Å²) in [5, 5.41) is 19.4. The van der Waals surface area contributed by atoms with Gasteiger partial charge in [-0.05, 0) is 59.1 Å². The van der Waals surface area contributed by atoms with Crippen LogP contribution in [0.2, 0.25) is 10.0 Å². The monoisotopic (exact) mass is 617 g/mol. The number of likely N-dealkylation sites (tertiary alicyclic amines) is 1. The van der Waals surface area contributed by atoms with Crippen molar-refractivity contribution in [1.29, 1.82) is 5.41 Å². The smallest absolute Gasteiger partial charge is 0.409 e. The van der Waals surface area contributed by atoms with Gasteiger partial charge in [0.05, 0.1) is 34.5 Å². The lowest BCUT2D eigenvalue weighted by molar-refractivity contribution is 0.0621. The number of amides is 1. The number of anilines is 1. The van der Waals surface area contributed by atoms with E-state index in [1.807, 2.05) is 27.7 Å². The molecule has 1 atom stereocenters. The van der Waals surface area contributed by atoms with Crippen molar-refractivity contribution in [3.05, 3.63) is 39.0 Å². The number of aliphatic hydroxyl groups is 1. The van der Waals surface area contributed by atoms with Crippen molar-refractivity contribution in [2.45, 2.75) is 66.4 Å². The molecule has 2 aliphatic rings. The van der Waals surface area contributed by atoms with Crippen molar-refractivity contribution in [3.8, 4) is 17.1 Å². The first kappa shape index (κ1) is 32.0. The molecule has 0 unspecified atom stereocenters. The van der Waals surface area contributed by atoms with Crippen molar-refractivity contribution in [1.82, 2.24) is 14.9 Å². The first-order chi connectivity index (χ1) is 19.9. The maximum Gasteiger partial charge on any atom is 0.409 e. The van der Waals surface area contributed by atoms with Crippen LogP contribution in [0.5, 0.6) is 5.75 Å². The fourth-order valence-electron chi connectivity index (χ4n) is 5.93. The molecule has 9 nitrogen and oxygen atoms in total. The Bertz CT molecular complexity index is 1380. The maximum absolute atomic E-state index is 12.0. The Morgan fingerprint density at radius 2 is 1.83 bits per heavy atom. The van der Waals surface area contributed by atoms with Crippen LogP contribution in [0.25, 0.3) is 17.0 Å². The standard InChI is InChI=1S/C31H41Cl2N5O4/c1-7-8-21(39)15-42-23-10-9-22(32)25(26(23)33)28-35-27(24(18(2)3)20(5)34)19(4)29(36-28)38-16-31(17-38)11-13-37(14-12-31)30(40)41-6/h9-10,21,34,39H,7-8,11-17H2,1-6H3/t21-/m1/s1. The van der Waals surface area contributed by atoms with Gasteiger partial charge in [0, 0.05) is 48.4 Å². The molecular formula is C31H41Cl2N5O4. The van der Waals surface area contributed by atoms with Crippen LogP contribution in [0, 0.1) is 17.7 Å². The Kier molecular flexibility index (Phi) is 10.1. The topological polar surface area (TPSA) is 112 Å². The van der Waals surface area contributed by atoms with Crippen molar-refractivity contribution >= 4 is 46.4 Å². The molecule has 4 rings (SSSR count). The van der Waals surface area contributed by atoms with Gasteiger partial charge in [-0.1, -0.05) is 42.1 Å². The number of aliphatic hydroxyl groups excluding tert-OH is 1. The lowest BCUT2D eigenvalue weighted by Gasteiger charge is -2.54. The number of nitrogens with zero attached hydrogens (tertiary/aromatic N) is 4. The fraction of sp³-hybridized carbons (Fsp3) is 0.548. The maximum atomic E-state index is 12.0. The second-order valence-electron chi connectivity index (χ2n) is 11.6. The molecule has 0 radical (unpaired) electrons. The molecule has 1 spiro atoms. The van der Waals surface area contributed by atoms with E-state index in [2.05, 4.69) is 4.90 Å². The molecule has 2 aromatic rings. The van der Waals surface area contributed by atoms with E-state index in [1.54, 1.807) is 24.0 Å². The van der Waals surface area contributed by atoms with Crippen molar-refractivity contribution in [2.75, 3.05) is 44.8 Å². The van der Waals surface area contributed by atoms with Crippen LogP contribution in [0.3, 0.4) is 0 Å². The van der Waals surface area contributed by atoms with Crippen LogP contribution < -0.4 is 9.64 Å². The van der Waals surface area contributed by atoms with Crippen LogP contribution >= 0.6 is 23.2 Å². The number of carbonyl (C=O) groups is 1. The van der Waals surface area contributed by atoms with Crippen LogP contribution in [-0.4, -0.2) is 77.8 Å². The minimum atomic E-state index is -0.604. The molecule has 3 heterocycles. The Hall–Kier alpha value is -2.88. The number of allylic oxidation sites excluding steroid dienone is 2. The molecule has 1 aromatic heterocycles. The number of piperidine rings is 1. The minimum Gasteiger partial charge on any atom is -0.489 e. The highest BCUT2D eigenvalue weighted by atomic mass is 35.5. The first-order valence-electron chi connectivity index (χ1n) is 14.4. The molecule has 11 heteroatoms. The third-order valence-corrected chi connectivity index (χ3v) is 8.86. The summed E-state index contributed by atoms with van der Waals surface area (Å²) in [4.78, 5) is 25.9. The third-order valence-electron chi connectivity index (χ3n) is 8.17. The summed E-state index contributed by atoms with van der Waals surface area (Å²) in [6.07, 6.45) is 2.36. The Morgan fingerprint density at radius 1 is 1.17 bits per heavy atom. The molecule has 0 saturated carbocycles. The van der Waals surface area contributed by atoms with Crippen molar-refractivity contribution in [3.63, 3.8) is 0 Å². The summed E-state index contributed by atoms with van der Waals surface area (Å²) in [7, 11) is 1.41. The summed E-state index contributed by atoms with van der Waals surface area (Å²) in [5.74, 6) is 1.51. The Balaban J connectivity index is 1.73. The van der Waals surface area contributed by atoms with E-state index in [-0.39, 0.29) is 23.1 Å². The number of methoxy groups -OCH3 is 1. The van der Waals surface area contributed by atoms with E-state index in [1.165, 1.54) is 7.11 Å². The van der Waals surface area contributed by atoms with E-state index < -0.39 is 6.10 Å². The van der Waals surface area contributed by atoms with E-state index in [4.69, 9.17) is 48.1 Å². The van der Waals surface area contributed by atoms with Crippen molar-refractivity contribution in [2.24, 2.45) is 5.41 Å². The molecule has 1 aromatic carbocycles. The van der Waals surface area contributed by atoms with E-state index in [9.17, 15) is 9.90 Å². The van der Waals surface area contributed by atoms with E-state index in [0.29, 0.717) is 53.1 Å². The summed E-state index contributed by atoms with van der Waals surface area (Å²) < 4.78 is 10.8. The molecule has 2 aliphatic heterocycles. The van der Waals surface area contributed by atoms with E-state index in [0.717, 1.165) is 54.9 Å². The van der Waals surface area contributed by atoms with Crippen LogP contribution in [-0.2, 0) is 4.74 Å². The Labute approximate surface area is 258 Å². The molecule has 42 heavy (non-hydrogen) atoms. The molecule has 228 valence electrons. The molecule has 2 saturated heterocycles. The second kappa shape index (κ2) is 13.2. The van der Waals surface area contributed by atoms with E-state index >= 15 is 0 Å². The zero-order valence-corrected chi connectivity index (χ0v) is 26.8. The number of aromatic nitrogens is 2. The summed E-state index contributed by atoms with van der Waals surface area (Å²) in [5.41, 5.74) is 4.22. The average molecular weight is 619 g/mol. The SMILES string of the molecule is CCC[C@@H](O)COc1ccc(Cl)c(-c2nc(C(C(C)=N)=C(C)C)c(C)c(N3CC4(CCN(C(=O)OC)CC4)C3)n2)c1Cl. The zero-order valence-electron chi connectivity index (χ0n) is 25.3. The normalized spacial score (nSPS) is 16.6. The van der Waals surface area contributed by atoms with Crippen LogP contribution in [0.1, 0.15) is 64.6 Å². The minimum absolute atomic E-state index is 0.0986. The lowest BCUT2D eigenvalue weighted by atomic mass is 9.72. The van der Waals surface area contributed by atoms with Gasteiger partial charge in [-0.3, -0.25) is 0 Å². The highest BCUT2D eigenvalue weighted by molar-refractivity contribution is 6.40. The lowest BCUT2D eigenvalue weighted by Crippen LogP contribution is -2.61. The van der Waals surface area contributed by atoms with Gasteiger partial charge in [-0.15, -0.1) is 0 Å². The van der Waals surface area contributed by atoms with Gasteiger partial charge in [0.2, 0.25) is 0 Å². The average Bonchev–Trinajstić information content (AvgIpc) is 2.92. The van der Waals surface area contributed by atoms with Gasteiger partial charge in [0.25, 0.3) is 0 Å². The largest absolute Gasteiger partial charge is 0.489 e. The van der Waals surface area contributed by atoms with Gasteiger partial charge < -0.3 is 29.8 Å². The Morgan fingerprint density at radius 3 is 2.40 bits per heavy atom. The number of hydrogen-bond acceptors (Lipinski definition) is 8. The van der Waals surface area contributed by atoms with Gasteiger partial charge in [0.1, 0.15) is 18.2 Å². The summed E-state index contributed by atoms with van der Waals surface area (Å²) >= 11 is 13.6. The number of nitrogens with one attached hydrogen (secondary N) is 1. The van der Waals surface area contributed by atoms with Crippen LogP contribution in [0.15, 0.2) is 17.7 Å². The highest BCUT2D eigenvalue weighted by Gasteiger charge is 2.47. The predicted molar refractivity (Wildman–Crippen MR) is 168 cm³/mol. The molecule has 1 amide bonds. The number of ether oxygens (including phenoxy) is 2. The highest BCUT2D eigenvalue weighted by Crippen LogP contribution is 2.46. The molecule has 2 N–H and O–H groups in total. The molecule has 2 fully saturated rings. The van der Waals surface area contributed by atoms with Gasteiger partial charge in [-0.2, -0.15) is 0 Å². The molecule has 0 aliphatic carbocycles. The number of hydrogen-bond donors (Lipinski definition) is 2. The zero-order chi connectivity index (χ0) is 30.8. The number of benzene rings is 1. The number of rotatable bonds is 9. The second-order valence-corrected chi connectivity index (χ2v) is 12.4.